The summed E-state index contributed by atoms with van der Waals surface area (Å²) in [5.41, 5.74) is 0.246. The van der Waals surface area contributed by atoms with Gasteiger partial charge in [-0.1, -0.05) is 11.6 Å². The van der Waals surface area contributed by atoms with Crippen molar-refractivity contribution in [1.29, 1.82) is 0 Å². The fraction of sp³-hybridized carbons (Fsp3) is 0.333. The monoisotopic (exact) mass is 324 g/mol. The Bertz CT molecular complexity index is 649. The zero-order valence-electron chi connectivity index (χ0n) is 12.1. The molecule has 6 heteroatoms. The average molecular weight is 325 g/mol. The molecule has 0 aliphatic rings. The predicted molar refractivity (Wildman–Crippen MR) is 88.0 cm³/mol. The van der Waals surface area contributed by atoms with E-state index in [2.05, 4.69) is 10.3 Å². The maximum Gasteiger partial charge on any atom is 0.271 e. The zero-order chi connectivity index (χ0) is 15.4. The third-order valence-electron chi connectivity index (χ3n) is 2.72. The number of amides is 1. The molecule has 0 radical (unpaired) electrons. The van der Waals surface area contributed by atoms with Gasteiger partial charge in [-0.15, -0.1) is 11.8 Å². The zero-order valence-corrected chi connectivity index (χ0v) is 13.7. The van der Waals surface area contributed by atoms with Gasteiger partial charge in [0.25, 0.3) is 5.91 Å². The first-order chi connectivity index (χ1) is 9.99. The Morgan fingerprint density at radius 1 is 1.38 bits per heavy atom. The van der Waals surface area contributed by atoms with E-state index in [0.29, 0.717) is 10.8 Å². The van der Waals surface area contributed by atoms with Crippen LogP contribution in [0.5, 0.6) is 5.75 Å². The van der Waals surface area contributed by atoms with Crippen molar-refractivity contribution < 1.29 is 9.53 Å². The van der Waals surface area contributed by atoms with Gasteiger partial charge in [0, 0.05) is 17.6 Å². The Balaban J connectivity index is 2.19. The quantitative estimate of drug-likeness (QED) is 0.855. The molecule has 1 aromatic carbocycles. The molecule has 21 heavy (non-hydrogen) atoms. The molecule has 112 valence electrons. The van der Waals surface area contributed by atoms with Crippen LogP contribution in [0.15, 0.2) is 30.5 Å². The summed E-state index contributed by atoms with van der Waals surface area (Å²) >= 11 is 7.29. The largest absolute Gasteiger partial charge is 0.470 e. The molecule has 0 spiro atoms. The van der Waals surface area contributed by atoms with E-state index in [1.54, 1.807) is 12.3 Å². The van der Waals surface area contributed by atoms with Crippen LogP contribution in [-0.4, -0.2) is 28.6 Å². The fourth-order valence-corrected chi connectivity index (χ4v) is 2.50. The summed E-state index contributed by atoms with van der Waals surface area (Å²) < 4.78 is 5.75. The third kappa shape index (κ3) is 4.25. The minimum atomic E-state index is -0.586. The molecule has 0 saturated carbocycles. The Labute approximate surface area is 133 Å². The Morgan fingerprint density at radius 3 is 2.81 bits per heavy atom. The van der Waals surface area contributed by atoms with E-state index in [9.17, 15) is 4.79 Å². The highest BCUT2D eigenvalue weighted by atomic mass is 35.5. The number of rotatable bonds is 5. The van der Waals surface area contributed by atoms with Crippen molar-refractivity contribution in [2.24, 2.45) is 0 Å². The molecule has 1 amide bonds. The highest BCUT2D eigenvalue weighted by molar-refractivity contribution is 7.99. The summed E-state index contributed by atoms with van der Waals surface area (Å²) in [5.74, 6) is 0.478. The maximum atomic E-state index is 12.0. The van der Waals surface area contributed by atoms with E-state index in [1.807, 2.05) is 38.3 Å². The van der Waals surface area contributed by atoms with Gasteiger partial charge in [-0.2, -0.15) is 0 Å². The second-order valence-electron chi connectivity index (χ2n) is 4.86. The van der Waals surface area contributed by atoms with Gasteiger partial charge < -0.3 is 10.1 Å². The van der Waals surface area contributed by atoms with Gasteiger partial charge in [-0.25, -0.2) is 0 Å². The molecule has 1 heterocycles. The van der Waals surface area contributed by atoms with E-state index in [4.69, 9.17) is 16.3 Å². The molecule has 1 N–H and O–H groups in total. The first kappa shape index (κ1) is 15.9. The number of carbonyl (C=O) groups is 1. The molecule has 0 fully saturated rings. The number of fused-ring (bicyclic) bond motifs is 1. The van der Waals surface area contributed by atoms with Crippen molar-refractivity contribution in [3.05, 3.63) is 35.5 Å². The first-order valence-electron chi connectivity index (χ1n) is 6.54. The number of ether oxygens (including phenoxy) is 1. The Hall–Kier alpha value is -1.46. The summed E-state index contributed by atoms with van der Waals surface area (Å²) in [6, 6.07) is 7.38. The smallest absolute Gasteiger partial charge is 0.271 e. The number of carbonyl (C=O) groups excluding carboxylic acids is 1. The molecule has 2 aromatic rings. The molecule has 0 aliphatic carbocycles. The van der Waals surface area contributed by atoms with Crippen LogP contribution in [0.2, 0.25) is 5.02 Å². The number of nitrogens with zero attached hydrogens (tertiary/aromatic N) is 1. The normalized spacial score (nSPS) is 12.4. The standard InChI is InChI=1S/C15H17ClN2O2S/c1-9(2)18-14(19)15(21-3)20-12-4-5-13-10(7-12)6-11(16)8-17-13/h4-9,15H,1-3H3,(H,18,19). The number of thioether (sulfide) groups is 1. The van der Waals surface area contributed by atoms with Crippen molar-refractivity contribution in [3.63, 3.8) is 0 Å². The molecule has 4 nitrogen and oxygen atoms in total. The van der Waals surface area contributed by atoms with Crippen LogP contribution in [0.3, 0.4) is 0 Å². The van der Waals surface area contributed by atoms with Crippen LogP contribution in [0.1, 0.15) is 13.8 Å². The number of pyridine rings is 1. The minimum absolute atomic E-state index is 0.0790. The summed E-state index contributed by atoms with van der Waals surface area (Å²) in [4.78, 5) is 16.2. The van der Waals surface area contributed by atoms with Crippen molar-refractivity contribution in [2.75, 3.05) is 6.26 Å². The van der Waals surface area contributed by atoms with Crippen molar-refractivity contribution in [1.82, 2.24) is 10.3 Å². The summed E-state index contributed by atoms with van der Waals surface area (Å²) in [7, 11) is 0. The highest BCUT2D eigenvalue weighted by Gasteiger charge is 2.19. The van der Waals surface area contributed by atoms with Gasteiger partial charge in [0.1, 0.15) is 5.75 Å². The molecular formula is C15H17ClN2O2S. The van der Waals surface area contributed by atoms with E-state index < -0.39 is 5.44 Å². The van der Waals surface area contributed by atoms with Gasteiger partial charge >= 0.3 is 0 Å². The number of hydrogen-bond acceptors (Lipinski definition) is 4. The van der Waals surface area contributed by atoms with Gasteiger partial charge in [-0.3, -0.25) is 9.78 Å². The number of hydrogen-bond donors (Lipinski definition) is 1. The van der Waals surface area contributed by atoms with Crippen LogP contribution in [0.4, 0.5) is 0 Å². The number of halogens is 1. The average Bonchev–Trinajstić information content (AvgIpc) is 2.43. The Kier molecular flexibility index (Phi) is 5.31. The van der Waals surface area contributed by atoms with E-state index >= 15 is 0 Å². The molecular weight excluding hydrogens is 308 g/mol. The fourth-order valence-electron chi connectivity index (χ4n) is 1.84. The topological polar surface area (TPSA) is 51.2 Å². The van der Waals surface area contributed by atoms with Crippen LogP contribution in [-0.2, 0) is 4.79 Å². The van der Waals surface area contributed by atoms with Crippen LogP contribution in [0, 0.1) is 0 Å². The summed E-state index contributed by atoms with van der Waals surface area (Å²) in [5, 5.41) is 4.29. The minimum Gasteiger partial charge on any atom is -0.470 e. The third-order valence-corrected chi connectivity index (χ3v) is 3.67. The van der Waals surface area contributed by atoms with E-state index in [0.717, 1.165) is 10.9 Å². The second kappa shape index (κ2) is 7.00. The maximum absolute atomic E-state index is 12.0. The SMILES string of the molecule is CSC(Oc1ccc2ncc(Cl)cc2c1)C(=O)NC(C)C. The molecule has 0 saturated heterocycles. The molecule has 1 aromatic heterocycles. The number of nitrogens with one attached hydrogen (secondary N) is 1. The van der Waals surface area contributed by atoms with Gasteiger partial charge in [-0.05, 0) is 44.4 Å². The molecule has 0 aliphatic heterocycles. The lowest BCUT2D eigenvalue weighted by Crippen LogP contribution is -2.39. The second-order valence-corrected chi connectivity index (χ2v) is 6.19. The molecule has 2 rings (SSSR count). The van der Waals surface area contributed by atoms with Crippen molar-refractivity contribution >= 4 is 40.2 Å². The van der Waals surface area contributed by atoms with Gasteiger partial charge in [0.15, 0.2) is 0 Å². The number of benzene rings is 1. The molecule has 0 bridgehead atoms. The predicted octanol–water partition coefficient (Wildman–Crippen LogP) is 3.48. The summed E-state index contributed by atoms with van der Waals surface area (Å²) in [6.07, 6.45) is 3.44. The van der Waals surface area contributed by atoms with Crippen molar-refractivity contribution in [2.45, 2.75) is 25.3 Å². The van der Waals surface area contributed by atoms with Crippen LogP contribution in [0.25, 0.3) is 10.9 Å². The number of aromatic nitrogens is 1. The van der Waals surface area contributed by atoms with Gasteiger partial charge in [0.2, 0.25) is 5.44 Å². The lowest BCUT2D eigenvalue weighted by Gasteiger charge is -2.18. The Morgan fingerprint density at radius 2 is 2.14 bits per heavy atom. The highest BCUT2D eigenvalue weighted by Crippen LogP contribution is 2.24. The van der Waals surface area contributed by atoms with Crippen LogP contribution < -0.4 is 10.1 Å². The van der Waals surface area contributed by atoms with E-state index in [1.165, 1.54) is 11.8 Å². The van der Waals surface area contributed by atoms with Crippen LogP contribution >= 0.6 is 23.4 Å². The van der Waals surface area contributed by atoms with Crippen molar-refractivity contribution in [3.8, 4) is 5.75 Å². The molecule has 1 unspecified atom stereocenters. The lowest BCUT2D eigenvalue weighted by molar-refractivity contribution is -0.124. The van der Waals surface area contributed by atoms with E-state index in [-0.39, 0.29) is 11.9 Å². The first-order valence-corrected chi connectivity index (χ1v) is 8.21. The van der Waals surface area contributed by atoms with Gasteiger partial charge in [0.05, 0.1) is 10.5 Å². The molecule has 1 atom stereocenters. The summed E-state index contributed by atoms with van der Waals surface area (Å²) in [6.45, 7) is 3.83. The lowest BCUT2D eigenvalue weighted by atomic mass is 10.2.